The molecule has 0 bridgehead atoms. The van der Waals surface area contributed by atoms with Crippen molar-refractivity contribution in [2.45, 2.75) is 33.1 Å². The molecule has 1 rings (SSSR count). The van der Waals surface area contributed by atoms with Gasteiger partial charge in [-0.3, -0.25) is 9.59 Å². The summed E-state index contributed by atoms with van der Waals surface area (Å²) in [7, 11) is 1.33. The van der Waals surface area contributed by atoms with Crippen molar-refractivity contribution in [3.05, 3.63) is 0 Å². The van der Waals surface area contributed by atoms with Gasteiger partial charge in [0, 0.05) is 5.41 Å². The third-order valence-electron chi connectivity index (χ3n) is 2.81. The number of rotatable bonds is 4. The van der Waals surface area contributed by atoms with Gasteiger partial charge < -0.3 is 4.74 Å². The van der Waals surface area contributed by atoms with Crippen LogP contribution in [0.15, 0.2) is 0 Å². The van der Waals surface area contributed by atoms with E-state index in [2.05, 4.69) is 4.74 Å². The quantitative estimate of drug-likeness (QED) is 0.492. The van der Waals surface area contributed by atoms with E-state index in [1.54, 1.807) is 0 Å². The first kappa shape index (κ1) is 10.2. The SMILES string of the molecule is CCC(C(=O)OC)C(=O)C1(C)CC1. The van der Waals surface area contributed by atoms with Gasteiger partial charge in [0.1, 0.15) is 5.92 Å². The summed E-state index contributed by atoms with van der Waals surface area (Å²) >= 11 is 0. The lowest BCUT2D eigenvalue weighted by molar-refractivity contribution is -0.150. The summed E-state index contributed by atoms with van der Waals surface area (Å²) in [6.45, 7) is 3.76. The van der Waals surface area contributed by atoms with Gasteiger partial charge in [0.05, 0.1) is 7.11 Å². The van der Waals surface area contributed by atoms with Gasteiger partial charge in [-0.1, -0.05) is 13.8 Å². The first-order valence-electron chi connectivity index (χ1n) is 4.67. The van der Waals surface area contributed by atoms with E-state index < -0.39 is 5.92 Å². The van der Waals surface area contributed by atoms with Crippen LogP contribution < -0.4 is 0 Å². The molecule has 0 aliphatic heterocycles. The lowest BCUT2D eigenvalue weighted by Gasteiger charge is -2.15. The molecule has 3 heteroatoms. The van der Waals surface area contributed by atoms with E-state index in [9.17, 15) is 9.59 Å². The molecule has 1 saturated carbocycles. The normalized spacial score (nSPS) is 20.5. The molecule has 0 aromatic carbocycles. The Labute approximate surface area is 78.5 Å². The number of methoxy groups -OCH3 is 1. The number of esters is 1. The molecule has 13 heavy (non-hydrogen) atoms. The Bertz CT molecular complexity index is 228. The second kappa shape index (κ2) is 3.48. The number of carbonyl (C=O) groups excluding carboxylic acids is 2. The Balaban J connectivity index is 2.66. The van der Waals surface area contributed by atoms with E-state index in [0.29, 0.717) is 6.42 Å². The minimum Gasteiger partial charge on any atom is -0.468 e. The monoisotopic (exact) mass is 184 g/mol. The van der Waals surface area contributed by atoms with Gasteiger partial charge in [-0.2, -0.15) is 0 Å². The third-order valence-corrected chi connectivity index (χ3v) is 2.81. The van der Waals surface area contributed by atoms with E-state index >= 15 is 0 Å². The van der Waals surface area contributed by atoms with Crippen molar-refractivity contribution >= 4 is 11.8 Å². The number of ketones is 1. The van der Waals surface area contributed by atoms with E-state index in [-0.39, 0.29) is 17.2 Å². The van der Waals surface area contributed by atoms with Crippen LogP contribution in [0.4, 0.5) is 0 Å². The molecule has 1 unspecified atom stereocenters. The fourth-order valence-corrected chi connectivity index (χ4v) is 1.46. The van der Waals surface area contributed by atoms with Crippen LogP contribution in [0.25, 0.3) is 0 Å². The van der Waals surface area contributed by atoms with Crippen LogP contribution in [-0.4, -0.2) is 18.9 Å². The summed E-state index contributed by atoms with van der Waals surface area (Å²) in [5, 5.41) is 0. The maximum atomic E-state index is 11.8. The topological polar surface area (TPSA) is 43.4 Å². The largest absolute Gasteiger partial charge is 0.468 e. The van der Waals surface area contributed by atoms with Crippen LogP contribution >= 0.6 is 0 Å². The molecule has 0 aromatic rings. The number of hydrogen-bond acceptors (Lipinski definition) is 3. The van der Waals surface area contributed by atoms with Crippen LogP contribution in [0, 0.1) is 11.3 Å². The smallest absolute Gasteiger partial charge is 0.316 e. The number of hydrogen-bond donors (Lipinski definition) is 0. The van der Waals surface area contributed by atoms with Crippen LogP contribution in [0.3, 0.4) is 0 Å². The van der Waals surface area contributed by atoms with Crippen LogP contribution in [0.2, 0.25) is 0 Å². The summed E-state index contributed by atoms with van der Waals surface area (Å²) in [6.07, 6.45) is 2.37. The van der Waals surface area contributed by atoms with E-state index in [1.165, 1.54) is 7.11 Å². The minimum atomic E-state index is -0.544. The van der Waals surface area contributed by atoms with Crippen molar-refractivity contribution in [3.8, 4) is 0 Å². The molecule has 1 aliphatic carbocycles. The number of carbonyl (C=O) groups is 2. The Morgan fingerprint density at radius 1 is 1.46 bits per heavy atom. The maximum Gasteiger partial charge on any atom is 0.316 e. The highest BCUT2D eigenvalue weighted by Gasteiger charge is 2.48. The van der Waals surface area contributed by atoms with Crippen molar-refractivity contribution in [2.24, 2.45) is 11.3 Å². The van der Waals surface area contributed by atoms with Gasteiger partial charge >= 0.3 is 5.97 Å². The Hall–Kier alpha value is -0.860. The molecule has 0 N–H and O–H groups in total. The van der Waals surface area contributed by atoms with Crippen molar-refractivity contribution in [1.29, 1.82) is 0 Å². The lowest BCUT2D eigenvalue weighted by Crippen LogP contribution is -2.30. The summed E-state index contributed by atoms with van der Waals surface area (Å²) in [6, 6.07) is 0. The van der Waals surface area contributed by atoms with E-state index in [1.807, 2.05) is 13.8 Å². The third kappa shape index (κ3) is 1.90. The molecule has 74 valence electrons. The zero-order chi connectivity index (χ0) is 10.1. The van der Waals surface area contributed by atoms with Crippen molar-refractivity contribution in [1.82, 2.24) is 0 Å². The summed E-state index contributed by atoms with van der Waals surface area (Å²) in [5.41, 5.74) is -0.227. The number of Topliss-reactive ketones (excluding diaryl/α,β-unsaturated/α-hetero) is 1. The molecule has 1 atom stereocenters. The summed E-state index contributed by atoms with van der Waals surface area (Å²) < 4.78 is 4.59. The van der Waals surface area contributed by atoms with Gasteiger partial charge in [0.2, 0.25) is 0 Å². The Kier molecular flexibility index (Phi) is 2.74. The molecular weight excluding hydrogens is 168 g/mol. The second-order valence-corrected chi connectivity index (χ2v) is 3.91. The first-order chi connectivity index (χ1) is 6.05. The van der Waals surface area contributed by atoms with Gasteiger partial charge in [-0.05, 0) is 19.3 Å². The molecule has 1 fully saturated rings. The number of ether oxygens (including phenoxy) is 1. The van der Waals surface area contributed by atoms with E-state index in [0.717, 1.165) is 12.8 Å². The molecule has 0 saturated heterocycles. The van der Waals surface area contributed by atoms with Crippen LogP contribution in [0.5, 0.6) is 0 Å². The van der Waals surface area contributed by atoms with Gasteiger partial charge in [-0.25, -0.2) is 0 Å². The molecule has 0 heterocycles. The van der Waals surface area contributed by atoms with E-state index in [4.69, 9.17) is 0 Å². The van der Waals surface area contributed by atoms with Crippen LogP contribution in [-0.2, 0) is 14.3 Å². The zero-order valence-electron chi connectivity index (χ0n) is 8.42. The van der Waals surface area contributed by atoms with Crippen LogP contribution in [0.1, 0.15) is 33.1 Å². The zero-order valence-corrected chi connectivity index (χ0v) is 8.42. The van der Waals surface area contributed by atoms with Gasteiger partial charge in [0.15, 0.2) is 5.78 Å². The fourth-order valence-electron chi connectivity index (χ4n) is 1.46. The standard InChI is InChI=1S/C10H16O3/c1-4-7(9(12)13-3)8(11)10(2)5-6-10/h7H,4-6H2,1-3H3. The highest BCUT2D eigenvalue weighted by molar-refractivity contribution is 6.02. The minimum absolute atomic E-state index is 0.0573. The summed E-state index contributed by atoms with van der Waals surface area (Å²) in [4.78, 5) is 23.0. The molecule has 1 aliphatic rings. The lowest BCUT2D eigenvalue weighted by atomic mass is 9.90. The summed E-state index contributed by atoms with van der Waals surface area (Å²) in [5.74, 6) is -0.875. The van der Waals surface area contributed by atoms with Crippen molar-refractivity contribution in [3.63, 3.8) is 0 Å². The first-order valence-corrected chi connectivity index (χ1v) is 4.67. The molecule has 0 aromatic heterocycles. The van der Waals surface area contributed by atoms with Crippen molar-refractivity contribution < 1.29 is 14.3 Å². The highest BCUT2D eigenvalue weighted by Crippen LogP contribution is 2.47. The molecule has 0 amide bonds. The predicted molar refractivity (Wildman–Crippen MR) is 48.1 cm³/mol. The Morgan fingerprint density at radius 2 is 2.00 bits per heavy atom. The van der Waals surface area contributed by atoms with Gasteiger partial charge in [-0.15, -0.1) is 0 Å². The van der Waals surface area contributed by atoms with Crippen molar-refractivity contribution in [2.75, 3.05) is 7.11 Å². The average molecular weight is 184 g/mol. The molecule has 0 radical (unpaired) electrons. The second-order valence-electron chi connectivity index (χ2n) is 3.91. The fraction of sp³-hybridized carbons (Fsp3) is 0.800. The molecular formula is C10H16O3. The maximum absolute atomic E-state index is 11.8. The molecule has 0 spiro atoms. The predicted octanol–water partition coefficient (Wildman–Crippen LogP) is 1.55. The highest BCUT2D eigenvalue weighted by atomic mass is 16.5. The average Bonchev–Trinajstić information content (AvgIpc) is 2.85. The molecule has 3 nitrogen and oxygen atoms in total. The van der Waals surface area contributed by atoms with Gasteiger partial charge in [0.25, 0.3) is 0 Å². The Morgan fingerprint density at radius 3 is 2.31 bits per heavy atom.